The van der Waals surface area contributed by atoms with Gasteiger partial charge in [-0.2, -0.15) is 0 Å². The molecule has 0 aliphatic heterocycles. The Morgan fingerprint density at radius 2 is 2.15 bits per heavy atom. The zero-order chi connectivity index (χ0) is 14.8. The first-order valence-corrected chi connectivity index (χ1v) is 7.08. The largest absolute Gasteiger partial charge is 0.389 e. The van der Waals surface area contributed by atoms with Crippen LogP contribution in [0.25, 0.3) is 0 Å². The zero-order valence-electron chi connectivity index (χ0n) is 12.6. The van der Waals surface area contributed by atoms with E-state index in [1.807, 2.05) is 32.9 Å². The van der Waals surface area contributed by atoms with Crippen LogP contribution in [0, 0.1) is 6.92 Å². The standard InChI is InChI=1S/C15H26N2O3/c1-12(2)20-8-7-19-11-14(18)9-16-10-15-13(3)5-4-6-17-15/h4-6,12,14,16,18H,7-11H2,1-3H3. The van der Waals surface area contributed by atoms with Crippen molar-refractivity contribution < 1.29 is 14.6 Å². The summed E-state index contributed by atoms with van der Waals surface area (Å²) in [5.41, 5.74) is 2.16. The molecule has 2 N–H and O–H groups in total. The molecule has 0 radical (unpaired) electrons. The van der Waals surface area contributed by atoms with Crippen LogP contribution in [0.3, 0.4) is 0 Å². The first kappa shape index (κ1) is 17.0. The number of hydrogen-bond donors (Lipinski definition) is 2. The summed E-state index contributed by atoms with van der Waals surface area (Å²) in [5, 5.41) is 12.9. The maximum Gasteiger partial charge on any atom is 0.0897 e. The maximum atomic E-state index is 9.76. The summed E-state index contributed by atoms with van der Waals surface area (Å²) in [5.74, 6) is 0. The molecule has 1 aromatic rings. The van der Waals surface area contributed by atoms with Gasteiger partial charge in [0, 0.05) is 19.3 Å². The van der Waals surface area contributed by atoms with Gasteiger partial charge in [0.25, 0.3) is 0 Å². The topological polar surface area (TPSA) is 63.6 Å². The number of hydrogen-bond acceptors (Lipinski definition) is 5. The third-order valence-corrected chi connectivity index (χ3v) is 2.78. The average Bonchev–Trinajstić information content (AvgIpc) is 2.40. The number of aliphatic hydroxyl groups excluding tert-OH is 1. The lowest BCUT2D eigenvalue weighted by Gasteiger charge is -2.13. The molecule has 1 heterocycles. The Morgan fingerprint density at radius 3 is 2.85 bits per heavy atom. The Balaban J connectivity index is 2.05. The zero-order valence-corrected chi connectivity index (χ0v) is 12.6. The van der Waals surface area contributed by atoms with Gasteiger partial charge in [-0.05, 0) is 32.4 Å². The van der Waals surface area contributed by atoms with E-state index in [4.69, 9.17) is 9.47 Å². The van der Waals surface area contributed by atoms with E-state index in [1.54, 1.807) is 6.20 Å². The van der Waals surface area contributed by atoms with Gasteiger partial charge in [0.2, 0.25) is 0 Å². The summed E-state index contributed by atoms with van der Waals surface area (Å²) in [6.07, 6.45) is 1.48. The fourth-order valence-electron chi connectivity index (χ4n) is 1.68. The van der Waals surface area contributed by atoms with E-state index in [9.17, 15) is 5.11 Å². The van der Waals surface area contributed by atoms with Crippen LogP contribution in [-0.4, -0.2) is 48.7 Å². The molecule has 0 bridgehead atoms. The molecule has 1 aromatic heterocycles. The van der Waals surface area contributed by atoms with E-state index in [0.29, 0.717) is 32.9 Å². The SMILES string of the molecule is Cc1cccnc1CNCC(O)COCCOC(C)C. The minimum absolute atomic E-state index is 0.215. The molecular formula is C15H26N2O3. The Hall–Kier alpha value is -1.01. The van der Waals surface area contributed by atoms with E-state index in [1.165, 1.54) is 0 Å². The number of pyridine rings is 1. The van der Waals surface area contributed by atoms with Crippen LogP contribution in [-0.2, 0) is 16.0 Å². The van der Waals surface area contributed by atoms with E-state index >= 15 is 0 Å². The van der Waals surface area contributed by atoms with Crippen LogP contribution < -0.4 is 5.32 Å². The van der Waals surface area contributed by atoms with Gasteiger partial charge in [-0.25, -0.2) is 0 Å². The molecule has 0 saturated carbocycles. The molecule has 0 amide bonds. The summed E-state index contributed by atoms with van der Waals surface area (Å²) in [4.78, 5) is 4.29. The van der Waals surface area contributed by atoms with Crippen LogP contribution in [0.4, 0.5) is 0 Å². The predicted octanol–water partition coefficient (Wildman–Crippen LogP) is 1.28. The number of aliphatic hydroxyl groups is 1. The summed E-state index contributed by atoms with van der Waals surface area (Å²) in [6.45, 7) is 8.52. The Labute approximate surface area is 121 Å². The lowest BCUT2D eigenvalue weighted by atomic mass is 10.2. The van der Waals surface area contributed by atoms with Gasteiger partial charge in [0.05, 0.1) is 37.7 Å². The molecule has 1 atom stereocenters. The molecule has 0 spiro atoms. The summed E-state index contributed by atoms with van der Waals surface area (Å²) < 4.78 is 10.7. The number of aromatic nitrogens is 1. The van der Waals surface area contributed by atoms with Crippen LogP contribution in [0.15, 0.2) is 18.3 Å². The van der Waals surface area contributed by atoms with E-state index in [0.717, 1.165) is 11.3 Å². The number of ether oxygens (including phenoxy) is 2. The Morgan fingerprint density at radius 1 is 1.35 bits per heavy atom. The molecule has 20 heavy (non-hydrogen) atoms. The lowest BCUT2D eigenvalue weighted by molar-refractivity contribution is -0.0100. The predicted molar refractivity (Wildman–Crippen MR) is 78.6 cm³/mol. The van der Waals surface area contributed by atoms with Gasteiger partial charge >= 0.3 is 0 Å². The lowest BCUT2D eigenvalue weighted by Crippen LogP contribution is -2.31. The average molecular weight is 282 g/mol. The second kappa shape index (κ2) is 9.83. The normalized spacial score (nSPS) is 12.8. The first-order chi connectivity index (χ1) is 9.59. The van der Waals surface area contributed by atoms with Crippen molar-refractivity contribution in [1.82, 2.24) is 10.3 Å². The first-order valence-electron chi connectivity index (χ1n) is 7.08. The fraction of sp³-hybridized carbons (Fsp3) is 0.667. The number of nitrogens with zero attached hydrogens (tertiary/aromatic N) is 1. The highest BCUT2D eigenvalue weighted by molar-refractivity contribution is 5.17. The highest BCUT2D eigenvalue weighted by Crippen LogP contribution is 2.02. The van der Waals surface area contributed by atoms with Crippen molar-refractivity contribution in [1.29, 1.82) is 0 Å². The number of aryl methyl sites for hydroxylation is 1. The molecule has 5 heteroatoms. The smallest absolute Gasteiger partial charge is 0.0897 e. The molecule has 0 saturated heterocycles. The number of nitrogens with one attached hydrogen (secondary N) is 1. The van der Waals surface area contributed by atoms with Gasteiger partial charge in [-0.15, -0.1) is 0 Å². The molecule has 0 aromatic carbocycles. The molecule has 114 valence electrons. The highest BCUT2D eigenvalue weighted by atomic mass is 16.5. The monoisotopic (exact) mass is 282 g/mol. The van der Waals surface area contributed by atoms with Gasteiger partial charge in [0.1, 0.15) is 0 Å². The van der Waals surface area contributed by atoms with Crippen molar-refractivity contribution in [2.24, 2.45) is 0 Å². The van der Waals surface area contributed by atoms with Crippen molar-refractivity contribution >= 4 is 0 Å². The molecule has 5 nitrogen and oxygen atoms in total. The second-order valence-corrected chi connectivity index (χ2v) is 5.05. The van der Waals surface area contributed by atoms with Crippen LogP contribution in [0.1, 0.15) is 25.1 Å². The second-order valence-electron chi connectivity index (χ2n) is 5.05. The van der Waals surface area contributed by atoms with E-state index < -0.39 is 6.10 Å². The van der Waals surface area contributed by atoms with E-state index in [2.05, 4.69) is 10.3 Å². The minimum atomic E-state index is -0.516. The van der Waals surface area contributed by atoms with Crippen molar-refractivity contribution in [3.05, 3.63) is 29.6 Å². The summed E-state index contributed by atoms with van der Waals surface area (Å²) in [6, 6.07) is 3.94. The van der Waals surface area contributed by atoms with Gasteiger partial charge in [-0.1, -0.05) is 6.07 Å². The van der Waals surface area contributed by atoms with Crippen LogP contribution in [0.5, 0.6) is 0 Å². The molecule has 1 unspecified atom stereocenters. The van der Waals surface area contributed by atoms with Gasteiger partial charge in [0.15, 0.2) is 0 Å². The van der Waals surface area contributed by atoms with Crippen molar-refractivity contribution in [2.45, 2.75) is 39.5 Å². The molecule has 0 aliphatic rings. The van der Waals surface area contributed by atoms with Crippen LogP contribution in [0.2, 0.25) is 0 Å². The molecule has 0 fully saturated rings. The fourth-order valence-corrected chi connectivity index (χ4v) is 1.68. The Bertz CT molecular complexity index is 372. The van der Waals surface area contributed by atoms with Crippen molar-refractivity contribution in [2.75, 3.05) is 26.4 Å². The highest BCUT2D eigenvalue weighted by Gasteiger charge is 2.05. The summed E-state index contributed by atoms with van der Waals surface area (Å²) in [7, 11) is 0. The number of rotatable bonds is 10. The molecule has 0 aliphatic carbocycles. The minimum Gasteiger partial charge on any atom is -0.389 e. The van der Waals surface area contributed by atoms with Crippen molar-refractivity contribution in [3.63, 3.8) is 0 Å². The quantitative estimate of drug-likeness (QED) is 0.633. The summed E-state index contributed by atoms with van der Waals surface area (Å²) >= 11 is 0. The van der Waals surface area contributed by atoms with Gasteiger partial charge < -0.3 is 19.9 Å². The van der Waals surface area contributed by atoms with Crippen LogP contribution >= 0.6 is 0 Å². The maximum absolute atomic E-state index is 9.76. The third-order valence-electron chi connectivity index (χ3n) is 2.78. The molecule has 1 rings (SSSR count). The molecular weight excluding hydrogens is 256 g/mol. The van der Waals surface area contributed by atoms with Gasteiger partial charge in [-0.3, -0.25) is 4.98 Å². The van der Waals surface area contributed by atoms with Crippen molar-refractivity contribution in [3.8, 4) is 0 Å². The Kier molecular flexibility index (Phi) is 8.37. The van der Waals surface area contributed by atoms with E-state index in [-0.39, 0.29) is 6.10 Å². The third kappa shape index (κ3) is 7.55.